The number of benzene rings is 1. The van der Waals surface area contributed by atoms with Crippen molar-refractivity contribution >= 4 is 18.8 Å². The standard InChI is InChI=1S/C22H31O11P/c1-12-10-16(23)31-15-11-13(8-9-14(12)15)32-34(29,30)33-22(7)20(5,27)18(3,25)17(2,24)19(4,26)21(22,6)28/h8-11,24-28H,1-7H3,(H,29,30)/t17?,18-,19?,20?,21?,22?/m1/s1. The zero-order valence-corrected chi connectivity index (χ0v) is 20.9. The molecule has 0 aliphatic heterocycles. The van der Waals surface area contributed by atoms with Gasteiger partial charge in [-0.1, -0.05) is 0 Å². The van der Waals surface area contributed by atoms with Gasteiger partial charge in [0.1, 0.15) is 44.9 Å². The summed E-state index contributed by atoms with van der Waals surface area (Å²) in [6.07, 6.45) is 0. The molecule has 1 aliphatic carbocycles. The van der Waals surface area contributed by atoms with Crippen LogP contribution in [0.25, 0.3) is 11.0 Å². The molecule has 0 radical (unpaired) electrons. The number of phosphoric ester groups is 1. The van der Waals surface area contributed by atoms with Crippen molar-refractivity contribution in [3.8, 4) is 5.75 Å². The van der Waals surface area contributed by atoms with Gasteiger partial charge >= 0.3 is 13.4 Å². The minimum atomic E-state index is -5.21. The Labute approximate surface area is 195 Å². The molecular formula is C22H31O11P. The summed E-state index contributed by atoms with van der Waals surface area (Å²) in [6.45, 7) is 7.65. The first kappa shape index (κ1) is 26.8. The lowest BCUT2D eigenvalue weighted by Crippen LogP contribution is -2.91. The number of hydrogen-bond donors (Lipinski definition) is 6. The molecule has 7 atom stereocenters. The van der Waals surface area contributed by atoms with Crippen molar-refractivity contribution in [2.75, 3.05) is 0 Å². The van der Waals surface area contributed by atoms with Crippen LogP contribution in [0.3, 0.4) is 0 Å². The Hall–Kier alpha value is -1.82. The molecular weight excluding hydrogens is 471 g/mol. The van der Waals surface area contributed by atoms with Crippen LogP contribution >= 0.6 is 7.82 Å². The first-order chi connectivity index (χ1) is 15.1. The van der Waals surface area contributed by atoms with E-state index in [4.69, 9.17) is 13.5 Å². The maximum atomic E-state index is 13.1. The average molecular weight is 502 g/mol. The molecule has 0 saturated heterocycles. The second kappa shape index (κ2) is 7.35. The summed E-state index contributed by atoms with van der Waals surface area (Å²) in [4.78, 5) is 22.2. The van der Waals surface area contributed by atoms with Gasteiger partial charge in [0.15, 0.2) is 0 Å². The van der Waals surface area contributed by atoms with E-state index in [-0.39, 0.29) is 11.3 Å². The highest BCUT2D eigenvalue weighted by atomic mass is 31.2. The maximum absolute atomic E-state index is 13.1. The van der Waals surface area contributed by atoms with Crippen LogP contribution in [0.2, 0.25) is 0 Å². The third-order valence-electron chi connectivity index (χ3n) is 8.09. The molecule has 190 valence electrons. The van der Waals surface area contributed by atoms with Gasteiger partial charge in [0, 0.05) is 17.5 Å². The van der Waals surface area contributed by atoms with E-state index in [1.165, 1.54) is 24.3 Å². The second-order valence-corrected chi connectivity index (χ2v) is 11.3. The quantitative estimate of drug-likeness (QED) is 0.260. The van der Waals surface area contributed by atoms with Gasteiger partial charge in [-0.2, -0.15) is 0 Å². The van der Waals surface area contributed by atoms with Crippen LogP contribution in [-0.4, -0.2) is 64.0 Å². The summed E-state index contributed by atoms with van der Waals surface area (Å²) < 4.78 is 28.5. The van der Waals surface area contributed by atoms with E-state index >= 15 is 0 Å². The van der Waals surface area contributed by atoms with Crippen molar-refractivity contribution in [1.82, 2.24) is 0 Å². The first-order valence-electron chi connectivity index (χ1n) is 10.5. The molecule has 1 aromatic heterocycles. The molecule has 6 unspecified atom stereocenters. The van der Waals surface area contributed by atoms with E-state index in [0.717, 1.165) is 41.5 Å². The fraction of sp³-hybridized carbons (Fsp3) is 0.591. The molecule has 1 heterocycles. The lowest BCUT2D eigenvalue weighted by Gasteiger charge is -2.69. The van der Waals surface area contributed by atoms with Crippen LogP contribution in [0.1, 0.15) is 47.1 Å². The Morgan fingerprint density at radius 1 is 0.824 bits per heavy atom. The molecule has 1 aromatic carbocycles. The summed E-state index contributed by atoms with van der Waals surface area (Å²) in [7, 11) is -5.21. The summed E-state index contributed by atoms with van der Waals surface area (Å²) >= 11 is 0. The Morgan fingerprint density at radius 3 is 1.79 bits per heavy atom. The summed E-state index contributed by atoms with van der Waals surface area (Å²) in [5, 5.41) is 56.3. The van der Waals surface area contributed by atoms with Crippen LogP contribution < -0.4 is 10.1 Å². The molecule has 1 aliphatic rings. The molecule has 6 N–H and O–H groups in total. The van der Waals surface area contributed by atoms with E-state index in [9.17, 15) is 39.8 Å². The smallest absolute Gasteiger partial charge is 0.423 e. The molecule has 0 spiro atoms. The Bertz CT molecular complexity index is 1210. The van der Waals surface area contributed by atoms with E-state index < -0.39 is 47.1 Å². The van der Waals surface area contributed by atoms with Gasteiger partial charge in [0.05, 0.1) is 0 Å². The Kier molecular flexibility index (Phi) is 5.79. The number of rotatable bonds is 4. The van der Waals surface area contributed by atoms with E-state index in [0.29, 0.717) is 10.9 Å². The Morgan fingerprint density at radius 2 is 1.29 bits per heavy atom. The normalized spacial score (nSPS) is 42.4. The third kappa shape index (κ3) is 3.30. The SMILES string of the molecule is Cc1cc(=O)oc2cc(OP(=O)(O)OC3(C)C(C)(O)C(C)(O)C(C)(O)[C@@](C)(O)C3(C)O)ccc12. The number of aliphatic hydroxyl groups is 5. The van der Waals surface area contributed by atoms with Gasteiger partial charge in [0.2, 0.25) is 0 Å². The third-order valence-corrected chi connectivity index (χ3v) is 9.13. The summed E-state index contributed by atoms with van der Waals surface area (Å²) in [5.41, 5.74) is -15.4. The van der Waals surface area contributed by atoms with Crippen molar-refractivity contribution in [3.05, 3.63) is 40.2 Å². The monoisotopic (exact) mass is 502 g/mol. The van der Waals surface area contributed by atoms with Crippen molar-refractivity contribution in [2.24, 2.45) is 0 Å². The summed E-state index contributed by atoms with van der Waals surface area (Å²) in [6, 6.07) is 5.28. The maximum Gasteiger partial charge on any atom is 0.528 e. The lowest BCUT2D eigenvalue weighted by atomic mass is 9.47. The van der Waals surface area contributed by atoms with E-state index in [2.05, 4.69) is 0 Å². The fourth-order valence-corrected chi connectivity index (χ4v) is 5.98. The van der Waals surface area contributed by atoms with Crippen LogP contribution in [0.5, 0.6) is 5.75 Å². The van der Waals surface area contributed by atoms with E-state index in [1.807, 2.05) is 0 Å². The molecule has 0 bridgehead atoms. The van der Waals surface area contributed by atoms with Gasteiger partial charge < -0.3 is 34.5 Å². The first-order valence-corrected chi connectivity index (χ1v) is 11.9. The Balaban J connectivity index is 2.08. The number of aryl methyl sites for hydroxylation is 1. The number of hydrogen-bond acceptors (Lipinski definition) is 10. The van der Waals surface area contributed by atoms with Crippen LogP contribution in [0, 0.1) is 6.92 Å². The minimum absolute atomic E-state index is 0.0762. The van der Waals surface area contributed by atoms with Gasteiger partial charge in [-0.15, -0.1) is 0 Å². The summed E-state index contributed by atoms with van der Waals surface area (Å²) in [5.74, 6) is -0.240. The van der Waals surface area contributed by atoms with Gasteiger partial charge in [0.25, 0.3) is 0 Å². The predicted molar refractivity (Wildman–Crippen MR) is 120 cm³/mol. The minimum Gasteiger partial charge on any atom is -0.423 e. The van der Waals surface area contributed by atoms with Gasteiger partial charge in [-0.3, -0.25) is 9.42 Å². The van der Waals surface area contributed by atoms with Crippen molar-refractivity contribution < 1.29 is 48.5 Å². The molecule has 1 fully saturated rings. The number of phosphoric acid groups is 1. The topological polar surface area (TPSA) is 187 Å². The molecule has 11 nitrogen and oxygen atoms in total. The highest BCUT2D eigenvalue weighted by Gasteiger charge is 2.82. The molecule has 1 saturated carbocycles. The second-order valence-electron chi connectivity index (χ2n) is 9.95. The zero-order valence-electron chi connectivity index (χ0n) is 20.0. The predicted octanol–water partition coefficient (Wildman–Crippen LogP) is 1.12. The largest absolute Gasteiger partial charge is 0.528 e. The highest BCUT2D eigenvalue weighted by molar-refractivity contribution is 7.47. The molecule has 3 rings (SSSR count). The van der Waals surface area contributed by atoms with Crippen molar-refractivity contribution in [1.29, 1.82) is 0 Å². The average Bonchev–Trinajstić information content (AvgIpc) is 2.65. The fourth-order valence-electron chi connectivity index (χ4n) is 4.75. The van der Waals surface area contributed by atoms with Crippen molar-refractivity contribution in [3.63, 3.8) is 0 Å². The van der Waals surface area contributed by atoms with Crippen LogP contribution in [-0.2, 0) is 9.09 Å². The van der Waals surface area contributed by atoms with Gasteiger partial charge in [-0.05, 0) is 66.2 Å². The van der Waals surface area contributed by atoms with E-state index in [1.54, 1.807) is 6.92 Å². The van der Waals surface area contributed by atoms with Crippen LogP contribution in [0.15, 0.2) is 33.5 Å². The molecule has 34 heavy (non-hydrogen) atoms. The highest BCUT2D eigenvalue weighted by Crippen LogP contribution is 2.63. The van der Waals surface area contributed by atoms with Gasteiger partial charge in [-0.25, -0.2) is 9.36 Å². The molecule has 12 heteroatoms. The number of fused-ring (bicyclic) bond motifs is 1. The molecule has 2 aromatic rings. The lowest BCUT2D eigenvalue weighted by molar-refractivity contribution is -0.412. The van der Waals surface area contributed by atoms with Crippen LogP contribution in [0.4, 0.5) is 0 Å². The molecule has 0 amide bonds. The van der Waals surface area contributed by atoms with Crippen molar-refractivity contribution in [2.45, 2.75) is 82.1 Å². The zero-order chi connectivity index (χ0) is 26.3.